The molecule has 2 aromatic rings. The largest absolute Gasteiger partial charge is 0.452 e. The summed E-state index contributed by atoms with van der Waals surface area (Å²) < 4.78 is 5.36. The third-order valence-corrected chi connectivity index (χ3v) is 6.04. The van der Waals surface area contributed by atoms with Crippen LogP contribution in [0.5, 0.6) is 0 Å². The van der Waals surface area contributed by atoms with Crippen molar-refractivity contribution in [3.63, 3.8) is 0 Å². The zero-order chi connectivity index (χ0) is 21.1. The van der Waals surface area contributed by atoms with Gasteiger partial charge in [-0.25, -0.2) is 4.79 Å². The number of ether oxygens (including phenoxy) is 1. The van der Waals surface area contributed by atoms with Crippen LogP contribution in [0.3, 0.4) is 0 Å². The molecule has 0 saturated heterocycles. The lowest BCUT2D eigenvalue weighted by Gasteiger charge is -2.26. The van der Waals surface area contributed by atoms with E-state index in [0.717, 1.165) is 29.0 Å². The van der Waals surface area contributed by atoms with Crippen LogP contribution >= 0.6 is 11.3 Å². The van der Waals surface area contributed by atoms with Gasteiger partial charge in [0.25, 0.3) is 5.91 Å². The minimum Gasteiger partial charge on any atom is -0.452 e. The maximum absolute atomic E-state index is 12.8. The molecule has 29 heavy (non-hydrogen) atoms. The van der Waals surface area contributed by atoms with Gasteiger partial charge in [-0.2, -0.15) is 0 Å². The number of carbonyl (C=O) groups is 3. The summed E-state index contributed by atoms with van der Waals surface area (Å²) in [6.07, 6.45) is 1.77. The highest BCUT2D eigenvalue weighted by Crippen LogP contribution is 2.36. The molecule has 0 atom stereocenters. The molecule has 0 aliphatic heterocycles. The zero-order valence-corrected chi connectivity index (χ0v) is 18.0. The van der Waals surface area contributed by atoms with Crippen molar-refractivity contribution in [2.75, 3.05) is 16.8 Å². The van der Waals surface area contributed by atoms with Gasteiger partial charge in [-0.3, -0.25) is 9.59 Å². The average Bonchev–Trinajstić information content (AvgIpc) is 3.48. The highest BCUT2D eigenvalue weighted by molar-refractivity contribution is 7.16. The standard InChI is InChI=1S/C22H26N2O4S/c1-13(2)24(17-8-6-5-7-9-17)18(25)12-28-22(27)19-14(3)15(4)29-21(19)23-20(26)16-10-11-16/h5-9,13,16H,10-12H2,1-4H3,(H,23,26). The number of amides is 2. The number of hydrogen-bond donors (Lipinski definition) is 1. The third-order valence-electron chi connectivity index (χ3n) is 4.92. The number of aryl methyl sites for hydroxylation is 1. The Hall–Kier alpha value is -2.67. The first-order valence-corrected chi connectivity index (χ1v) is 10.6. The van der Waals surface area contributed by atoms with Gasteiger partial charge in [0.2, 0.25) is 5.91 Å². The van der Waals surface area contributed by atoms with E-state index in [0.29, 0.717) is 10.6 Å². The Labute approximate surface area is 174 Å². The minimum absolute atomic E-state index is 0.0358. The molecule has 1 aromatic carbocycles. The van der Waals surface area contributed by atoms with E-state index in [9.17, 15) is 14.4 Å². The van der Waals surface area contributed by atoms with E-state index in [1.165, 1.54) is 11.3 Å². The van der Waals surface area contributed by atoms with E-state index in [1.54, 1.807) is 4.90 Å². The summed E-state index contributed by atoms with van der Waals surface area (Å²) in [6.45, 7) is 7.16. The van der Waals surface area contributed by atoms with Crippen molar-refractivity contribution in [2.24, 2.45) is 5.92 Å². The number of thiophene rings is 1. The molecular weight excluding hydrogens is 388 g/mol. The highest BCUT2D eigenvalue weighted by atomic mass is 32.1. The Balaban J connectivity index is 1.71. The molecule has 1 heterocycles. The van der Waals surface area contributed by atoms with E-state index < -0.39 is 5.97 Å². The number of carbonyl (C=O) groups excluding carboxylic acids is 3. The normalized spacial score (nSPS) is 13.3. The molecule has 2 amide bonds. The summed E-state index contributed by atoms with van der Waals surface area (Å²) in [5.74, 6) is -0.921. The van der Waals surface area contributed by atoms with E-state index in [2.05, 4.69) is 5.32 Å². The van der Waals surface area contributed by atoms with Crippen molar-refractivity contribution < 1.29 is 19.1 Å². The SMILES string of the molecule is Cc1sc(NC(=O)C2CC2)c(C(=O)OCC(=O)N(c2ccccc2)C(C)C)c1C. The number of para-hydroxylation sites is 1. The predicted octanol–water partition coefficient (Wildman–Crippen LogP) is 4.31. The van der Waals surface area contributed by atoms with Crippen LogP contribution in [0.1, 0.15) is 47.5 Å². The number of anilines is 2. The molecule has 1 saturated carbocycles. The summed E-state index contributed by atoms with van der Waals surface area (Å²) in [7, 11) is 0. The molecule has 1 aromatic heterocycles. The van der Waals surface area contributed by atoms with E-state index >= 15 is 0 Å². The first-order chi connectivity index (χ1) is 13.8. The van der Waals surface area contributed by atoms with Gasteiger partial charge in [0, 0.05) is 22.5 Å². The summed E-state index contributed by atoms with van der Waals surface area (Å²) in [5, 5.41) is 3.35. The number of esters is 1. The minimum atomic E-state index is -0.594. The third kappa shape index (κ3) is 4.85. The van der Waals surface area contributed by atoms with E-state index in [4.69, 9.17) is 4.74 Å². The first-order valence-electron chi connectivity index (χ1n) is 9.74. The van der Waals surface area contributed by atoms with Gasteiger partial charge in [-0.15, -0.1) is 11.3 Å². The molecule has 154 valence electrons. The van der Waals surface area contributed by atoms with Crippen LogP contribution < -0.4 is 10.2 Å². The fraction of sp³-hybridized carbons (Fsp3) is 0.409. The van der Waals surface area contributed by atoms with Crippen LogP contribution in [-0.4, -0.2) is 30.4 Å². The van der Waals surface area contributed by atoms with Gasteiger partial charge in [0.15, 0.2) is 6.61 Å². The van der Waals surface area contributed by atoms with Gasteiger partial charge in [0.05, 0.1) is 5.56 Å². The van der Waals surface area contributed by atoms with Gasteiger partial charge in [-0.05, 0) is 58.2 Å². The molecule has 3 rings (SSSR count). The summed E-state index contributed by atoms with van der Waals surface area (Å²) in [4.78, 5) is 40.2. The van der Waals surface area contributed by atoms with Gasteiger partial charge < -0.3 is 15.0 Å². The Morgan fingerprint density at radius 2 is 1.83 bits per heavy atom. The second-order valence-electron chi connectivity index (χ2n) is 7.52. The molecule has 1 fully saturated rings. The Morgan fingerprint density at radius 1 is 1.17 bits per heavy atom. The van der Waals surface area contributed by atoms with Crippen LogP contribution in [0.4, 0.5) is 10.7 Å². The van der Waals surface area contributed by atoms with Crippen molar-refractivity contribution in [2.45, 2.75) is 46.6 Å². The Bertz CT molecular complexity index is 916. The quantitative estimate of drug-likeness (QED) is 0.685. The molecule has 1 aliphatic rings. The summed E-state index contributed by atoms with van der Waals surface area (Å²) >= 11 is 1.36. The zero-order valence-electron chi connectivity index (χ0n) is 17.2. The van der Waals surface area contributed by atoms with Crippen LogP contribution in [0.2, 0.25) is 0 Å². The van der Waals surface area contributed by atoms with Crippen molar-refractivity contribution in [1.82, 2.24) is 0 Å². The summed E-state index contributed by atoms with van der Waals surface area (Å²) in [6, 6.07) is 9.20. The second-order valence-corrected chi connectivity index (χ2v) is 8.74. The van der Waals surface area contributed by atoms with Gasteiger partial charge >= 0.3 is 5.97 Å². The van der Waals surface area contributed by atoms with Gasteiger partial charge in [-0.1, -0.05) is 18.2 Å². The van der Waals surface area contributed by atoms with Crippen molar-refractivity contribution in [3.05, 3.63) is 46.3 Å². The maximum Gasteiger partial charge on any atom is 0.341 e. The topological polar surface area (TPSA) is 75.7 Å². The van der Waals surface area contributed by atoms with Crippen molar-refractivity contribution in [1.29, 1.82) is 0 Å². The monoisotopic (exact) mass is 414 g/mol. The summed E-state index contributed by atoms with van der Waals surface area (Å²) in [5.41, 5.74) is 1.86. The molecule has 0 spiro atoms. The fourth-order valence-corrected chi connectivity index (χ4v) is 4.16. The Kier molecular flexibility index (Phi) is 6.37. The van der Waals surface area contributed by atoms with Crippen molar-refractivity contribution in [3.8, 4) is 0 Å². The molecule has 0 radical (unpaired) electrons. The number of benzene rings is 1. The Morgan fingerprint density at radius 3 is 2.41 bits per heavy atom. The smallest absolute Gasteiger partial charge is 0.341 e. The van der Waals surface area contributed by atoms with Crippen LogP contribution in [0.25, 0.3) is 0 Å². The lowest BCUT2D eigenvalue weighted by molar-refractivity contribution is -0.122. The molecule has 0 unspecified atom stereocenters. The molecular formula is C22H26N2O4S. The predicted molar refractivity (Wildman–Crippen MR) is 114 cm³/mol. The average molecular weight is 415 g/mol. The van der Waals surface area contributed by atoms with Gasteiger partial charge in [0.1, 0.15) is 5.00 Å². The number of nitrogens with zero attached hydrogens (tertiary/aromatic N) is 1. The fourth-order valence-electron chi connectivity index (χ4n) is 3.11. The highest BCUT2D eigenvalue weighted by Gasteiger charge is 2.32. The molecule has 1 N–H and O–H groups in total. The van der Waals surface area contributed by atoms with Crippen LogP contribution in [0, 0.1) is 19.8 Å². The van der Waals surface area contributed by atoms with Crippen molar-refractivity contribution >= 4 is 39.8 Å². The number of rotatable bonds is 7. The molecule has 6 nitrogen and oxygen atoms in total. The molecule has 1 aliphatic carbocycles. The van der Waals surface area contributed by atoms with E-state index in [1.807, 2.05) is 58.0 Å². The molecule has 0 bridgehead atoms. The number of hydrogen-bond acceptors (Lipinski definition) is 5. The van der Waals surface area contributed by atoms with Crippen LogP contribution in [0.15, 0.2) is 30.3 Å². The second kappa shape index (κ2) is 8.78. The number of nitrogens with one attached hydrogen (secondary N) is 1. The lowest BCUT2D eigenvalue weighted by atomic mass is 10.1. The van der Waals surface area contributed by atoms with Crippen LogP contribution in [-0.2, 0) is 14.3 Å². The molecule has 7 heteroatoms. The first kappa shape index (κ1) is 21.0. The van der Waals surface area contributed by atoms with E-state index in [-0.39, 0.29) is 30.4 Å². The lowest BCUT2D eigenvalue weighted by Crippen LogP contribution is -2.40. The maximum atomic E-state index is 12.8.